The maximum Gasteiger partial charge on any atom is 0.252 e. The number of benzene rings is 3. The first-order chi connectivity index (χ1) is 15.5. The second kappa shape index (κ2) is 11.3. The fourth-order valence-corrected chi connectivity index (χ4v) is 3.47. The highest BCUT2D eigenvalue weighted by molar-refractivity contribution is 6.33. The summed E-state index contributed by atoms with van der Waals surface area (Å²) >= 11 is 5.91. The summed E-state index contributed by atoms with van der Waals surface area (Å²) in [6, 6.07) is 20.4. The molecule has 3 aromatic rings. The van der Waals surface area contributed by atoms with Gasteiger partial charge in [0.25, 0.3) is 5.91 Å². The molecule has 0 heterocycles. The summed E-state index contributed by atoms with van der Waals surface area (Å²) < 4.78 is 18.7. The van der Waals surface area contributed by atoms with E-state index in [0.717, 1.165) is 29.0 Å². The second-order valence-electron chi connectivity index (χ2n) is 7.04. The Morgan fingerprint density at radius 2 is 1.69 bits per heavy atom. The van der Waals surface area contributed by atoms with Crippen LogP contribution in [-0.4, -0.2) is 25.0 Å². The molecule has 3 rings (SSSR count). The molecule has 0 saturated carbocycles. The van der Waals surface area contributed by atoms with Crippen molar-refractivity contribution in [3.8, 4) is 5.75 Å². The summed E-state index contributed by atoms with van der Waals surface area (Å²) in [6.45, 7) is 2.61. The molecule has 32 heavy (non-hydrogen) atoms. The van der Waals surface area contributed by atoms with Gasteiger partial charge < -0.3 is 15.4 Å². The summed E-state index contributed by atoms with van der Waals surface area (Å²) in [5.41, 5.74) is 2.01. The highest BCUT2D eigenvalue weighted by Crippen LogP contribution is 2.24. The van der Waals surface area contributed by atoms with Gasteiger partial charge in [-0.2, -0.15) is 0 Å². The van der Waals surface area contributed by atoms with E-state index in [4.69, 9.17) is 16.3 Å². The van der Waals surface area contributed by atoms with Crippen LogP contribution in [0.3, 0.4) is 0 Å². The topological polar surface area (TPSA) is 67.4 Å². The van der Waals surface area contributed by atoms with E-state index in [9.17, 15) is 14.0 Å². The van der Waals surface area contributed by atoms with Crippen LogP contribution in [0.15, 0.2) is 72.8 Å². The molecule has 0 fully saturated rings. The molecule has 0 aliphatic heterocycles. The molecule has 1 unspecified atom stereocenters. The molecule has 0 aliphatic carbocycles. The third-order valence-electron chi connectivity index (χ3n) is 4.78. The quantitative estimate of drug-likeness (QED) is 0.483. The number of amides is 2. The molecule has 2 amide bonds. The van der Waals surface area contributed by atoms with Crippen LogP contribution in [0.25, 0.3) is 0 Å². The molecule has 1 atom stereocenters. The number of hydrogen-bond acceptors (Lipinski definition) is 3. The molecule has 0 aliphatic rings. The molecule has 166 valence electrons. The van der Waals surface area contributed by atoms with E-state index in [0.29, 0.717) is 6.61 Å². The Labute approximate surface area is 191 Å². The van der Waals surface area contributed by atoms with Crippen LogP contribution in [0.5, 0.6) is 5.75 Å². The van der Waals surface area contributed by atoms with E-state index >= 15 is 0 Å². The van der Waals surface area contributed by atoms with E-state index in [1.54, 1.807) is 0 Å². The van der Waals surface area contributed by atoms with E-state index < -0.39 is 11.7 Å². The number of halogens is 2. The van der Waals surface area contributed by atoms with Gasteiger partial charge in [-0.15, -0.1) is 0 Å². The number of carbonyl (C=O) groups is 2. The van der Waals surface area contributed by atoms with Crippen molar-refractivity contribution in [3.05, 3.63) is 100 Å². The number of rotatable bonds is 9. The maximum absolute atomic E-state index is 13.2. The first-order valence-corrected chi connectivity index (χ1v) is 10.7. The van der Waals surface area contributed by atoms with Crippen molar-refractivity contribution >= 4 is 23.4 Å². The highest BCUT2D eigenvalue weighted by Gasteiger charge is 2.17. The molecule has 7 heteroatoms. The normalized spacial score (nSPS) is 11.5. The average Bonchev–Trinajstić information content (AvgIpc) is 2.79. The fourth-order valence-electron chi connectivity index (χ4n) is 3.22. The van der Waals surface area contributed by atoms with Gasteiger partial charge in [-0.25, -0.2) is 4.39 Å². The number of carbonyl (C=O) groups excluding carboxylic acids is 2. The van der Waals surface area contributed by atoms with Gasteiger partial charge in [0.15, 0.2) is 0 Å². The minimum Gasteiger partial charge on any atom is -0.494 e. The van der Waals surface area contributed by atoms with Crippen LogP contribution >= 0.6 is 11.6 Å². The van der Waals surface area contributed by atoms with Gasteiger partial charge in [-0.05, 0) is 48.4 Å². The van der Waals surface area contributed by atoms with Crippen LogP contribution in [0.1, 0.15) is 40.9 Å². The first-order valence-electron chi connectivity index (χ1n) is 10.3. The molecular weight excluding hydrogens is 431 g/mol. The van der Waals surface area contributed by atoms with E-state index in [1.165, 1.54) is 6.07 Å². The minimum absolute atomic E-state index is 0.0200. The number of nitrogens with one attached hydrogen (secondary N) is 2. The SMILES string of the molecule is CCOc1ccc(C(NC(=O)CCNC(=O)c2ccc(F)cc2Cl)c2ccccc2)cc1. The predicted octanol–water partition coefficient (Wildman–Crippen LogP) is 4.90. The molecule has 0 radical (unpaired) electrons. The van der Waals surface area contributed by atoms with Crippen LogP contribution in [0, 0.1) is 5.82 Å². The van der Waals surface area contributed by atoms with Crippen molar-refractivity contribution < 1.29 is 18.7 Å². The summed E-state index contributed by atoms with van der Waals surface area (Å²) in [6.07, 6.45) is 0.0743. The van der Waals surface area contributed by atoms with Crippen LogP contribution in [0.4, 0.5) is 4.39 Å². The third kappa shape index (κ3) is 6.31. The van der Waals surface area contributed by atoms with Crippen molar-refractivity contribution in [2.75, 3.05) is 13.2 Å². The van der Waals surface area contributed by atoms with Crippen molar-refractivity contribution in [1.82, 2.24) is 10.6 Å². The van der Waals surface area contributed by atoms with Gasteiger partial charge in [0, 0.05) is 13.0 Å². The number of hydrogen-bond donors (Lipinski definition) is 2. The van der Waals surface area contributed by atoms with Crippen molar-refractivity contribution in [1.29, 1.82) is 0 Å². The Hall–Kier alpha value is -3.38. The minimum atomic E-state index is -0.521. The zero-order chi connectivity index (χ0) is 22.9. The van der Waals surface area contributed by atoms with Crippen molar-refractivity contribution in [2.24, 2.45) is 0 Å². The average molecular weight is 455 g/mol. The van der Waals surface area contributed by atoms with Gasteiger partial charge in [-0.3, -0.25) is 9.59 Å². The van der Waals surface area contributed by atoms with Gasteiger partial charge in [0.2, 0.25) is 5.91 Å². The van der Waals surface area contributed by atoms with Crippen LogP contribution in [0.2, 0.25) is 5.02 Å². The summed E-state index contributed by atoms with van der Waals surface area (Å²) in [5, 5.41) is 5.69. The Morgan fingerprint density at radius 1 is 1.00 bits per heavy atom. The largest absolute Gasteiger partial charge is 0.494 e. The van der Waals surface area contributed by atoms with Gasteiger partial charge in [0.1, 0.15) is 11.6 Å². The standard InChI is InChI=1S/C25H24ClFN2O3/c1-2-32-20-11-8-18(9-12-20)24(17-6-4-3-5-7-17)29-23(30)14-15-28-25(31)21-13-10-19(27)16-22(21)26/h3-13,16,24H,2,14-15H2,1H3,(H,28,31)(H,29,30). The molecular formula is C25H24ClFN2O3. The highest BCUT2D eigenvalue weighted by atomic mass is 35.5. The molecule has 0 spiro atoms. The van der Waals surface area contributed by atoms with E-state index in [2.05, 4.69) is 10.6 Å². The fraction of sp³-hybridized carbons (Fsp3) is 0.200. The summed E-state index contributed by atoms with van der Waals surface area (Å²) in [4.78, 5) is 24.9. The zero-order valence-electron chi connectivity index (χ0n) is 17.6. The van der Waals surface area contributed by atoms with Crippen molar-refractivity contribution in [2.45, 2.75) is 19.4 Å². The predicted molar refractivity (Wildman–Crippen MR) is 122 cm³/mol. The summed E-state index contributed by atoms with van der Waals surface area (Å²) in [7, 11) is 0. The molecule has 0 saturated heterocycles. The Bertz CT molecular complexity index is 1060. The molecule has 5 nitrogen and oxygen atoms in total. The van der Waals surface area contributed by atoms with Crippen LogP contribution < -0.4 is 15.4 Å². The lowest BCUT2D eigenvalue weighted by atomic mass is 9.98. The van der Waals surface area contributed by atoms with Gasteiger partial charge >= 0.3 is 0 Å². The molecule has 0 bridgehead atoms. The molecule has 2 N–H and O–H groups in total. The zero-order valence-corrected chi connectivity index (χ0v) is 18.4. The third-order valence-corrected chi connectivity index (χ3v) is 5.09. The Kier molecular flexibility index (Phi) is 8.22. The number of ether oxygens (including phenoxy) is 1. The van der Waals surface area contributed by atoms with Gasteiger partial charge in [0.05, 0.1) is 23.2 Å². The van der Waals surface area contributed by atoms with Crippen molar-refractivity contribution in [3.63, 3.8) is 0 Å². The molecule has 3 aromatic carbocycles. The summed E-state index contributed by atoms with van der Waals surface area (Å²) in [5.74, 6) is -0.448. The Balaban J connectivity index is 1.63. The lowest BCUT2D eigenvalue weighted by Crippen LogP contribution is -2.33. The maximum atomic E-state index is 13.2. The first kappa shape index (κ1) is 23.3. The van der Waals surface area contributed by atoms with Gasteiger partial charge in [-0.1, -0.05) is 54.1 Å². The molecule has 0 aromatic heterocycles. The smallest absolute Gasteiger partial charge is 0.252 e. The van der Waals surface area contributed by atoms with Crippen LogP contribution in [-0.2, 0) is 4.79 Å². The van der Waals surface area contributed by atoms with E-state index in [1.807, 2.05) is 61.5 Å². The lowest BCUT2D eigenvalue weighted by molar-refractivity contribution is -0.121. The monoisotopic (exact) mass is 454 g/mol. The lowest BCUT2D eigenvalue weighted by Gasteiger charge is -2.20. The second-order valence-corrected chi connectivity index (χ2v) is 7.45. The Morgan fingerprint density at radius 3 is 2.34 bits per heavy atom. The van der Waals surface area contributed by atoms with E-state index in [-0.39, 0.29) is 35.5 Å².